The van der Waals surface area contributed by atoms with Gasteiger partial charge in [-0.15, -0.1) is 11.3 Å². The van der Waals surface area contributed by atoms with Crippen LogP contribution in [0.15, 0.2) is 29.5 Å². The van der Waals surface area contributed by atoms with E-state index in [1.54, 1.807) is 31.1 Å². The Labute approximate surface area is 215 Å². The number of Topliss-reactive ketones (excluding diaryl/α,β-unsaturated/α-hetero) is 1. The number of rotatable bonds is 10. The van der Waals surface area contributed by atoms with Gasteiger partial charge in [-0.3, -0.25) is 14.5 Å². The SMILES string of the molecule is CCOc1ccc(C2C(C(=O)c3sc(C)nc3C)=C(O)C(=O)N2CCCN2CCOCC2)cc1OC. The molecule has 1 aromatic carbocycles. The average Bonchev–Trinajstić information content (AvgIpc) is 3.35. The minimum atomic E-state index is -0.749. The summed E-state index contributed by atoms with van der Waals surface area (Å²) in [5, 5.41) is 11.7. The number of aromatic nitrogens is 1. The summed E-state index contributed by atoms with van der Waals surface area (Å²) in [5.74, 6) is -0.357. The lowest BCUT2D eigenvalue weighted by molar-refractivity contribution is -0.129. The lowest BCUT2D eigenvalue weighted by atomic mass is 9.94. The highest BCUT2D eigenvalue weighted by Crippen LogP contribution is 2.42. The summed E-state index contributed by atoms with van der Waals surface area (Å²) < 4.78 is 16.6. The molecule has 1 unspecified atom stereocenters. The molecule has 1 amide bonds. The van der Waals surface area contributed by atoms with E-state index in [1.165, 1.54) is 11.3 Å². The first-order chi connectivity index (χ1) is 17.3. The van der Waals surface area contributed by atoms with E-state index in [4.69, 9.17) is 14.2 Å². The molecule has 1 aromatic heterocycles. The number of aryl methyl sites for hydroxylation is 2. The Kier molecular flexibility index (Phi) is 8.28. The maximum Gasteiger partial charge on any atom is 0.290 e. The van der Waals surface area contributed by atoms with Crippen LogP contribution in [0.4, 0.5) is 0 Å². The molecule has 194 valence electrons. The van der Waals surface area contributed by atoms with Crippen LogP contribution < -0.4 is 9.47 Å². The van der Waals surface area contributed by atoms with Crippen molar-refractivity contribution in [3.63, 3.8) is 0 Å². The number of carbonyl (C=O) groups is 2. The molecule has 0 saturated carbocycles. The lowest BCUT2D eigenvalue weighted by Gasteiger charge is -2.30. The summed E-state index contributed by atoms with van der Waals surface area (Å²) in [6.07, 6.45) is 0.698. The molecule has 2 aromatic rings. The standard InChI is InChI=1S/C26H33N3O6S/c1-5-35-19-8-7-18(15-20(19)33-4)22-21(23(30)25-16(2)27-17(3)36-25)24(31)26(32)29(22)10-6-9-28-11-13-34-14-12-28/h7-8,15,22,31H,5-6,9-14H2,1-4H3. The third kappa shape index (κ3) is 5.25. The topological polar surface area (TPSA) is 101 Å². The van der Waals surface area contributed by atoms with Crippen molar-refractivity contribution in [1.82, 2.24) is 14.8 Å². The molecule has 1 saturated heterocycles. The zero-order valence-electron chi connectivity index (χ0n) is 21.2. The highest BCUT2D eigenvalue weighted by molar-refractivity contribution is 7.14. The zero-order valence-corrected chi connectivity index (χ0v) is 22.0. The number of hydrogen-bond donors (Lipinski definition) is 1. The van der Waals surface area contributed by atoms with Gasteiger partial charge in [0, 0.05) is 26.2 Å². The van der Waals surface area contributed by atoms with Gasteiger partial charge in [0.1, 0.15) is 0 Å². The molecule has 1 N–H and O–H groups in total. The molecule has 2 aliphatic rings. The largest absolute Gasteiger partial charge is 0.503 e. The number of ketones is 1. The number of hydrogen-bond acceptors (Lipinski definition) is 9. The van der Waals surface area contributed by atoms with Crippen molar-refractivity contribution in [2.75, 3.05) is 53.1 Å². The van der Waals surface area contributed by atoms with Crippen LogP contribution in [-0.2, 0) is 9.53 Å². The van der Waals surface area contributed by atoms with Crippen molar-refractivity contribution < 1.29 is 28.9 Å². The van der Waals surface area contributed by atoms with Gasteiger partial charge in [-0.25, -0.2) is 4.98 Å². The number of morpholine rings is 1. The van der Waals surface area contributed by atoms with Gasteiger partial charge in [-0.2, -0.15) is 0 Å². The van der Waals surface area contributed by atoms with Crippen LogP contribution >= 0.6 is 11.3 Å². The van der Waals surface area contributed by atoms with Crippen molar-refractivity contribution >= 4 is 23.0 Å². The molecule has 0 aliphatic carbocycles. The normalized spacial score (nSPS) is 18.7. The van der Waals surface area contributed by atoms with Crippen molar-refractivity contribution in [1.29, 1.82) is 0 Å². The predicted octanol–water partition coefficient (Wildman–Crippen LogP) is 3.47. The third-order valence-electron chi connectivity index (χ3n) is 6.44. The molecule has 4 rings (SSSR count). The summed E-state index contributed by atoms with van der Waals surface area (Å²) in [6.45, 7) is 10.2. The molecule has 10 heteroatoms. The van der Waals surface area contributed by atoms with Crippen molar-refractivity contribution in [2.45, 2.75) is 33.2 Å². The fourth-order valence-electron chi connectivity index (χ4n) is 4.75. The number of carbonyl (C=O) groups excluding carboxylic acids is 2. The fraction of sp³-hybridized carbons (Fsp3) is 0.500. The van der Waals surface area contributed by atoms with E-state index in [2.05, 4.69) is 9.88 Å². The van der Waals surface area contributed by atoms with Gasteiger partial charge in [0.05, 0.1) is 54.1 Å². The molecule has 1 fully saturated rings. The number of methoxy groups -OCH3 is 1. The summed E-state index contributed by atoms with van der Waals surface area (Å²) >= 11 is 1.27. The number of ether oxygens (including phenoxy) is 3. The van der Waals surface area contributed by atoms with E-state index in [0.29, 0.717) is 60.4 Å². The van der Waals surface area contributed by atoms with Gasteiger partial charge in [-0.05, 0) is 44.9 Å². The third-order valence-corrected chi connectivity index (χ3v) is 7.51. The minimum Gasteiger partial charge on any atom is -0.503 e. The van der Waals surface area contributed by atoms with Crippen LogP contribution in [0.25, 0.3) is 0 Å². The predicted molar refractivity (Wildman–Crippen MR) is 136 cm³/mol. The fourth-order valence-corrected chi connectivity index (χ4v) is 5.62. The van der Waals surface area contributed by atoms with E-state index in [0.717, 1.165) is 24.6 Å². The quantitative estimate of drug-likeness (QED) is 0.480. The Hall–Kier alpha value is -2.95. The smallest absolute Gasteiger partial charge is 0.290 e. The summed E-state index contributed by atoms with van der Waals surface area (Å²) in [4.78, 5) is 35.7. The number of benzene rings is 1. The first kappa shape index (κ1) is 26.1. The number of aliphatic hydroxyl groups is 1. The number of thiazole rings is 1. The van der Waals surface area contributed by atoms with E-state index in [-0.39, 0.29) is 11.4 Å². The van der Waals surface area contributed by atoms with Gasteiger partial charge in [0.25, 0.3) is 5.91 Å². The van der Waals surface area contributed by atoms with E-state index >= 15 is 0 Å². The monoisotopic (exact) mass is 515 g/mol. The van der Waals surface area contributed by atoms with Crippen LogP contribution in [-0.4, -0.2) is 84.7 Å². The van der Waals surface area contributed by atoms with E-state index in [1.807, 2.05) is 19.9 Å². The molecular formula is C26H33N3O6S. The Bertz CT molecular complexity index is 1150. The molecule has 2 aliphatic heterocycles. The second-order valence-electron chi connectivity index (χ2n) is 8.79. The van der Waals surface area contributed by atoms with Crippen LogP contribution in [0.2, 0.25) is 0 Å². The molecule has 1 atom stereocenters. The number of nitrogens with zero attached hydrogens (tertiary/aromatic N) is 3. The molecule has 36 heavy (non-hydrogen) atoms. The Morgan fingerprint density at radius 3 is 2.61 bits per heavy atom. The van der Waals surface area contributed by atoms with Crippen LogP contribution in [0.5, 0.6) is 11.5 Å². The first-order valence-electron chi connectivity index (χ1n) is 12.2. The van der Waals surface area contributed by atoms with Crippen molar-refractivity contribution in [2.24, 2.45) is 0 Å². The summed E-state index contributed by atoms with van der Waals surface area (Å²) in [6, 6.07) is 4.61. The van der Waals surface area contributed by atoms with Crippen LogP contribution in [0.1, 0.15) is 45.3 Å². The Morgan fingerprint density at radius 1 is 1.22 bits per heavy atom. The van der Waals surface area contributed by atoms with Crippen LogP contribution in [0, 0.1) is 13.8 Å². The molecule has 0 bridgehead atoms. The van der Waals surface area contributed by atoms with Gasteiger partial charge < -0.3 is 24.2 Å². The Morgan fingerprint density at radius 2 is 1.97 bits per heavy atom. The average molecular weight is 516 g/mol. The Balaban J connectivity index is 1.68. The zero-order chi connectivity index (χ0) is 25.8. The van der Waals surface area contributed by atoms with E-state index < -0.39 is 17.7 Å². The van der Waals surface area contributed by atoms with Gasteiger partial charge in [0.15, 0.2) is 17.3 Å². The number of aliphatic hydroxyl groups excluding tert-OH is 1. The van der Waals surface area contributed by atoms with Crippen molar-refractivity contribution in [3.05, 3.63) is 50.7 Å². The highest BCUT2D eigenvalue weighted by Gasteiger charge is 2.44. The second kappa shape index (κ2) is 11.4. The van der Waals surface area contributed by atoms with Crippen LogP contribution in [0.3, 0.4) is 0 Å². The van der Waals surface area contributed by atoms with Gasteiger partial charge >= 0.3 is 0 Å². The minimum absolute atomic E-state index is 0.0735. The van der Waals surface area contributed by atoms with Gasteiger partial charge in [-0.1, -0.05) is 6.07 Å². The number of amides is 1. The highest BCUT2D eigenvalue weighted by atomic mass is 32.1. The second-order valence-corrected chi connectivity index (χ2v) is 9.99. The maximum atomic E-state index is 13.7. The molecular weight excluding hydrogens is 482 g/mol. The molecule has 0 radical (unpaired) electrons. The summed E-state index contributed by atoms with van der Waals surface area (Å²) in [5.41, 5.74) is 1.33. The lowest BCUT2D eigenvalue weighted by Crippen LogP contribution is -2.39. The molecule has 3 heterocycles. The van der Waals surface area contributed by atoms with E-state index in [9.17, 15) is 14.7 Å². The molecule has 0 spiro atoms. The van der Waals surface area contributed by atoms with Crippen molar-refractivity contribution in [3.8, 4) is 11.5 Å². The first-order valence-corrected chi connectivity index (χ1v) is 13.0. The summed E-state index contributed by atoms with van der Waals surface area (Å²) in [7, 11) is 1.55. The maximum absolute atomic E-state index is 13.7. The molecule has 9 nitrogen and oxygen atoms in total. The van der Waals surface area contributed by atoms with Gasteiger partial charge in [0.2, 0.25) is 5.78 Å².